The van der Waals surface area contributed by atoms with Crippen LogP contribution in [0.3, 0.4) is 0 Å². The molecule has 0 atom stereocenters. The molecule has 8 heteroatoms. The predicted octanol–water partition coefficient (Wildman–Crippen LogP) is 2.59. The van der Waals surface area contributed by atoms with E-state index in [9.17, 15) is 21.6 Å². The van der Waals surface area contributed by atoms with Gasteiger partial charge in [-0.2, -0.15) is 13.2 Å². The van der Waals surface area contributed by atoms with E-state index in [2.05, 4.69) is 10.0 Å². The third-order valence-electron chi connectivity index (χ3n) is 3.09. The highest BCUT2D eigenvalue weighted by Gasteiger charge is 2.30. The van der Waals surface area contributed by atoms with Crippen molar-refractivity contribution < 1.29 is 21.6 Å². The summed E-state index contributed by atoms with van der Waals surface area (Å²) in [5, 5.41) is 3.20. The van der Waals surface area contributed by atoms with Gasteiger partial charge in [-0.3, -0.25) is 4.72 Å². The van der Waals surface area contributed by atoms with Crippen molar-refractivity contribution in [1.29, 1.82) is 0 Å². The lowest BCUT2D eigenvalue weighted by Gasteiger charge is -2.10. The molecular formula is C13H17F3N2O2S. The quantitative estimate of drug-likeness (QED) is 0.759. The van der Waals surface area contributed by atoms with E-state index in [-0.39, 0.29) is 11.4 Å². The summed E-state index contributed by atoms with van der Waals surface area (Å²) in [6.07, 6.45) is -1.69. The maximum absolute atomic E-state index is 12.4. The van der Waals surface area contributed by atoms with Crippen LogP contribution < -0.4 is 10.0 Å². The first-order valence-electron chi connectivity index (χ1n) is 6.67. The molecule has 1 aromatic carbocycles. The molecule has 4 nitrogen and oxygen atoms in total. The molecule has 21 heavy (non-hydrogen) atoms. The fraction of sp³-hybridized carbons (Fsp3) is 0.538. The molecule has 0 bridgehead atoms. The fourth-order valence-corrected chi connectivity index (χ4v) is 2.94. The number of benzene rings is 1. The Labute approximate surface area is 121 Å². The minimum Gasteiger partial charge on any atom is -0.314 e. The van der Waals surface area contributed by atoms with Crippen LogP contribution in [0.5, 0.6) is 0 Å². The Hall–Kier alpha value is -1.28. The third-order valence-corrected chi connectivity index (χ3v) is 4.46. The van der Waals surface area contributed by atoms with Gasteiger partial charge in [0.05, 0.1) is 11.3 Å². The second-order valence-electron chi connectivity index (χ2n) is 5.08. The summed E-state index contributed by atoms with van der Waals surface area (Å²) in [6.45, 7) is 0.624. The fourth-order valence-electron chi connectivity index (χ4n) is 1.81. The normalized spacial score (nSPS) is 16.0. The lowest BCUT2D eigenvalue weighted by atomic mass is 10.2. The topological polar surface area (TPSA) is 58.2 Å². The molecule has 1 saturated carbocycles. The maximum Gasteiger partial charge on any atom is 0.416 e. The van der Waals surface area contributed by atoms with Crippen molar-refractivity contribution >= 4 is 15.7 Å². The van der Waals surface area contributed by atoms with Gasteiger partial charge in [-0.15, -0.1) is 0 Å². The molecule has 0 aliphatic heterocycles. The highest BCUT2D eigenvalue weighted by Crippen LogP contribution is 2.29. The summed E-state index contributed by atoms with van der Waals surface area (Å²) in [6, 6.07) is 4.46. The first-order valence-corrected chi connectivity index (χ1v) is 8.33. The van der Waals surface area contributed by atoms with Crippen LogP contribution in [0.15, 0.2) is 24.3 Å². The summed E-state index contributed by atoms with van der Waals surface area (Å²) < 4.78 is 63.0. The van der Waals surface area contributed by atoms with Crippen molar-refractivity contribution in [3.63, 3.8) is 0 Å². The van der Waals surface area contributed by atoms with E-state index in [1.807, 2.05) is 0 Å². The van der Waals surface area contributed by atoms with E-state index in [4.69, 9.17) is 0 Å². The average Bonchev–Trinajstić information content (AvgIpc) is 3.18. The number of nitrogens with one attached hydrogen (secondary N) is 2. The number of sulfonamides is 1. The van der Waals surface area contributed by atoms with Crippen molar-refractivity contribution in [2.24, 2.45) is 0 Å². The van der Waals surface area contributed by atoms with Crippen molar-refractivity contribution in [3.8, 4) is 0 Å². The molecule has 1 fully saturated rings. The molecule has 2 rings (SSSR count). The van der Waals surface area contributed by atoms with Gasteiger partial charge >= 0.3 is 6.18 Å². The minimum atomic E-state index is -4.42. The molecule has 0 spiro atoms. The Morgan fingerprint density at radius 1 is 1.14 bits per heavy atom. The maximum atomic E-state index is 12.4. The Balaban J connectivity index is 1.83. The van der Waals surface area contributed by atoms with E-state index < -0.39 is 21.8 Å². The van der Waals surface area contributed by atoms with Gasteiger partial charge in [0.2, 0.25) is 10.0 Å². The summed E-state index contributed by atoms with van der Waals surface area (Å²) in [5.74, 6) is -0.0618. The molecule has 0 heterocycles. The summed E-state index contributed by atoms with van der Waals surface area (Å²) in [4.78, 5) is 0. The van der Waals surface area contributed by atoms with Gasteiger partial charge < -0.3 is 5.32 Å². The molecule has 1 aromatic rings. The van der Waals surface area contributed by atoms with E-state index in [1.54, 1.807) is 0 Å². The zero-order valence-electron chi connectivity index (χ0n) is 11.3. The Morgan fingerprint density at radius 3 is 2.29 bits per heavy atom. The summed E-state index contributed by atoms with van der Waals surface area (Å²) >= 11 is 0. The van der Waals surface area contributed by atoms with Crippen molar-refractivity contribution in [2.75, 3.05) is 17.0 Å². The van der Waals surface area contributed by atoms with E-state index in [0.717, 1.165) is 37.1 Å². The molecule has 1 aliphatic rings. The number of anilines is 1. The molecule has 0 unspecified atom stereocenters. The summed E-state index contributed by atoms with van der Waals surface area (Å²) in [5.41, 5.74) is -0.669. The number of halogens is 3. The van der Waals surface area contributed by atoms with Gasteiger partial charge in [0.25, 0.3) is 0 Å². The zero-order valence-corrected chi connectivity index (χ0v) is 12.1. The molecule has 1 aliphatic carbocycles. The van der Waals surface area contributed by atoms with E-state index in [0.29, 0.717) is 19.0 Å². The minimum absolute atomic E-state index is 0.0618. The Bertz CT molecular complexity index is 566. The predicted molar refractivity (Wildman–Crippen MR) is 74.5 cm³/mol. The van der Waals surface area contributed by atoms with Gasteiger partial charge in [0, 0.05) is 11.7 Å². The third kappa shape index (κ3) is 5.55. The number of hydrogen-bond acceptors (Lipinski definition) is 3. The van der Waals surface area contributed by atoms with Crippen LogP contribution in [0.25, 0.3) is 0 Å². The van der Waals surface area contributed by atoms with Crippen LogP contribution in [-0.2, 0) is 16.2 Å². The van der Waals surface area contributed by atoms with Crippen LogP contribution in [-0.4, -0.2) is 26.8 Å². The van der Waals surface area contributed by atoms with Gasteiger partial charge in [-0.1, -0.05) is 0 Å². The molecule has 2 N–H and O–H groups in total. The van der Waals surface area contributed by atoms with Crippen LogP contribution in [0, 0.1) is 0 Å². The lowest BCUT2D eigenvalue weighted by Crippen LogP contribution is -2.23. The van der Waals surface area contributed by atoms with E-state index >= 15 is 0 Å². The largest absolute Gasteiger partial charge is 0.416 e. The highest BCUT2D eigenvalue weighted by atomic mass is 32.2. The van der Waals surface area contributed by atoms with Gasteiger partial charge in [-0.25, -0.2) is 8.42 Å². The zero-order chi connectivity index (χ0) is 15.5. The Kier molecular flexibility index (Phi) is 4.77. The number of alkyl halides is 3. The number of hydrogen-bond donors (Lipinski definition) is 2. The van der Waals surface area contributed by atoms with Gasteiger partial charge in [0.15, 0.2) is 0 Å². The van der Waals surface area contributed by atoms with Crippen LogP contribution >= 0.6 is 0 Å². The second-order valence-corrected chi connectivity index (χ2v) is 6.92. The SMILES string of the molecule is O=S(=O)(CCCNC1CC1)Nc1ccc(C(F)(F)F)cc1. The van der Waals surface area contributed by atoms with Crippen LogP contribution in [0.4, 0.5) is 18.9 Å². The number of rotatable bonds is 7. The molecule has 0 radical (unpaired) electrons. The molecule has 118 valence electrons. The van der Waals surface area contributed by atoms with Crippen LogP contribution in [0.1, 0.15) is 24.8 Å². The van der Waals surface area contributed by atoms with Crippen molar-refractivity contribution in [2.45, 2.75) is 31.5 Å². The van der Waals surface area contributed by atoms with Gasteiger partial charge in [-0.05, 0) is 50.1 Å². The van der Waals surface area contributed by atoms with Crippen molar-refractivity contribution in [1.82, 2.24) is 5.32 Å². The molecule has 0 amide bonds. The smallest absolute Gasteiger partial charge is 0.314 e. The monoisotopic (exact) mass is 322 g/mol. The molecule has 0 aromatic heterocycles. The first kappa shape index (κ1) is 16.1. The van der Waals surface area contributed by atoms with Gasteiger partial charge in [0.1, 0.15) is 0 Å². The van der Waals surface area contributed by atoms with Crippen LogP contribution in [0.2, 0.25) is 0 Å². The molecular weight excluding hydrogens is 305 g/mol. The summed E-state index contributed by atoms with van der Waals surface area (Å²) in [7, 11) is -3.53. The second kappa shape index (κ2) is 6.23. The average molecular weight is 322 g/mol. The van der Waals surface area contributed by atoms with Crippen molar-refractivity contribution in [3.05, 3.63) is 29.8 Å². The standard InChI is InChI=1S/C13H17F3N2O2S/c14-13(15,16)10-2-4-12(5-3-10)18-21(19,20)9-1-8-17-11-6-7-11/h2-5,11,17-18H,1,6-9H2. The first-order chi connectivity index (χ1) is 9.76. The Morgan fingerprint density at radius 2 is 1.76 bits per heavy atom. The lowest BCUT2D eigenvalue weighted by molar-refractivity contribution is -0.137. The highest BCUT2D eigenvalue weighted by molar-refractivity contribution is 7.92. The van der Waals surface area contributed by atoms with E-state index in [1.165, 1.54) is 0 Å². The molecule has 0 saturated heterocycles.